The summed E-state index contributed by atoms with van der Waals surface area (Å²) in [6.45, 7) is 1.70. The van der Waals surface area contributed by atoms with Crippen molar-refractivity contribution < 1.29 is 14.3 Å². The summed E-state index contributed by atoms with van der Waals surface area (Å²) in [5.41, 5.74) is 4.75. The molecule has 5 N–H and O–H groups in total. The predicted octanol–water partition coefficient (Wildman–Crippen LogP) is 0.704. The molecular weight excluding hydrogens is 225 g/mol. The Morgan fingerprint density at radius 3 is 2.71 bits per heavy atom. The Kier molecular flexibility index (Phi) is 7.32. The van der Waals surface area contributed by atoms with E-state index in [-0.39, 0.29) is 6.42 Å². The first-order valence-electron chi connectivity index (χ1n) is 5.40. The lowest BCUT2D eigenvalue weighted by molar-refractivity contribution is -0.142. The first-order chi connectivity index (χ1) is 7.94. The minimum Gasteiger partial charge on any atom is -0.480 e. The number of nitrogens with two attached hydrogens (primary N) is 1. The summed E-state index contributed by atoms with van der Waals surface area (Å²) in [5, 5.41) is 18.5. The van der Waals surface area contributed by atoms with E-state index in [1.807, 2.05) is 0 Å². The maximum Gasteiger partial charge on any atom is 0.323 e. The lowest BCUT2D eigenvalue weighted by atomic mass is 9.94. The van der Waals surface area contributed by atoms with Crippen LogP contribution in [-0.4, -0.2) is 42.6 Å². The highest BCUT2D eigenvalue weighted by Crippen LogP contribution is 2.14. The summed E-state index contributed by atoms with van der Waals surface area (Å²) >= 11 is 0. The van der Waals surface area contributed by atoms with Gasteiger partial charge in [0, 0.05) is 19.3 Å². The maximum atomic E-state index is 12.6. The second-order valence-corrected chi connectivity index (χ2v) is 4.08. The van der Waals surface area contributed by atoms with Gasteiger partial charge in [0.15, 0.2) is 0 Å². The lowest BCUT2D eigenvalue weighted by Gasteiger charge is -2.19. The molecule has 0 aromatic heterocycles. The molecule has 5 nitrogen and oxygen atoms in total. The van der Waals surface area contributed by atoms with Crippen LogP contribution in [0.1, 0.15) is 19.8 Å². The minimum atomic E-state index is -1.32. The number of nitrogens with one attached hydrogen (secondary N) is 2. The molecule has 0 saturated heterocycles. The minimum absolute atomic E-state index is 0.197. The van der Waals surface area contributed by atoms with Crippen LogP contribution in [0.2, 0.25) is 0 Å². The molecule has 6 heteroatoms. The van der Waals surface area contributed by atoms with Crippen molar-refractivity contribution in [3.05, 3.63) is 11.6 Å². The summed E-state index contributed by atoms with van der Waals surface area (Å²) in [6, 6.07) is 0. The summed E-state index contributed by atoms with van der Waals surface area (Å²) in [4.78, 5) is 10.7. The van der Waals surface area contributed by atoms with Gasteiger partial charge in [-0.25, -0.2) is 4.39 Å². The van der Waals surface area contributed by atoms with E-state index in [2.05, 4.69) is 5.32 Å². The number of allylic oxidation sites excluding steroid dienone is 1. The van der Waals surface area contributed by atoms with Gasteiger partial charge in [0.05, 0.1) is 0 Å². The summed E-state index contributed by atoms with van der Waals surface area (Å²) in [7, 11) is 0. The van der Waals surface area contributed by atoms with E-state index in [0.717, 1.165) is 0 Å². The highest BCUT2D eigenvalue weighted by Gasteiger charge is 2.27. The predicted molar refractivity (Wildman–Crippen MR) is 65.2 cm³/mol. The Morgan fingerprint density at radius 2 is 2.24 bits per heavy atom. The standard InChI is InChI=1S/C11H20FN3O2/c1-11(14,10(16)17)4-2-9(8-12)3-6-15-7-5-13/h3,5,13,15H,2,4,6-8,14H2,1H3,(H,16,17)/b9-3+,13-5?/t11-/m0/s1. The second-order valence-electron chi connectivity index (χ2n) is 4.08. The number of carboxylic acid groups (broad SMARTS) is 1. The first kappa shape index (κ1) is 15.7. The zero-order valence-electron chi connectivity index (χ0n) is 10.0. The molecule has 0 aliphatic heterocycles. The topological polar surface area (TPSA) is 99.2 Å². The first-order valence-corrected chi connectivity index (χ1v) is 5.40. The monoisotopic (exact) mass is 245 g/mol. The van der Waals surface area contributed by atoms with Gasteiger partial charge in [-0.05, 0) is 25.3 Å². The SMILES string of the molecule is C[C@](N)(CC/C(=C\CNCC=N)CF)C(=O)O. The van der Waals surface area contributed by atoms with E-state index in [0.29, 0.717) is 25.1 Å². The van der Waals surface area contributed by atoms with Crippen molar-refractivity contribution in [1.29, 1.82) is 5.41 Å². The van der Waals surface area contributed by atoms with Crippen molar-refractivity contribution in [2.45, 2.75) is 25.3 Å². The normalized spacial score (nSPS) is 15.4. The van der Waals surface area contributed by atoms with Crippen LogP contribution in [0, 0.1) is 5.41 Å². The molecule has 1 atom stereocenters. The number of carbonyl (C=O) groups is 1. The van der Waals surface area contributed by atoms with Crippen LogP contribution in [-0.2, 0) is 4.79 Å². The molecule has 0 spiro atoms. The van der Waals surface area contributed by atoms with Crippen LogP contribution in [0.25, 0.3) is 0 Å². The van der Waals surface area contributed by atoms with Gasteiger partial charge < -0.3 is 21.6 Å². The van der Waals surface area contributed by atoms with Gasteiger partial charge in [0.2, 0.25) is 0 Å². The Bertz CT molecular complexity index is 290. The molecule has 0 aromatic carbocycles. The van der Waals surface area contributed by atoms with E-state index in [4.69, 9.17) is 16.2 Å². The number of rotatable bonds is 9. The van der Waals surface area contributed by atoms with Crippen molar-refractivity contribution in [2.75, 3.05) is 19.8 Å². The summed E-state index contributed by atoms with van der Waals surface area (Å²) < 4.78 is 12.6. The van der Waals surface area contributed by atoms with Crippen LogP contribution < -0.4 is 11.1 Å². The quantitative estimate of drug-likeness (QED) is 0.273. The van der Waals surface area contributed by atoms with Gasteiger partial charge >= 0.3 is 5.97 Å². The van der Waals surface area contributed by atoms with Gasteiger partial charge in [0.25, 0.3) is 0 Å². The molecule has 0 rings (SSSR count). The number of carboxylic acids is 1. The zero-order valence-corrected chi connectivity index (χ0v) is 10.0. The molecule has 0 fully saturated rings. The fourth-order valence-electron chi connectivity index (χ4n) is 1.12. The molecule has 17 heavy (non-hydrogen) atoms. The zero-order chi connectivity index (χ0) is 13.3. The third-order valence-electron chi connectivity index (χ3n) is 2.41. The third-order valence-corrected chi connectivity index (χ3v) is 2.41. The average molecular weight is 245 g/mol. The Labute approximate surface area is 100 Å². The van der Waals surface area contributed by atoms with E-state index in [1.54, 1.807) is 6.08 Å². The van der Waals surface area contributed by atoms with Crippen molar-refractivity contribution in [1.82, 2.24) is 5.32 Å². The number of halogens is 1. The molecule has 0 aliphatic rings. The molecule has 0 heterocycles. The van der Waals surface area contributed by atoms with E-state index < -0.39 is 18.2 Å². The number of alkyl halides is 1. The van der Waals surface area contributed by atoms with Crippen molar-refractivity contribution in [3.8, 4) is 0 Å². The van der Waals surface area contributed by atoms with Gasteiger partial charge in [-0.1, -0.05) is 6.08 Å². The molecule has 0 amide bonds. The Morgan fingerprint density at radius 1 is 1.59 bits per heavy atom. The largest absolute Gasteiger partial charge is 0.480 e. The van der Waals surface area contributed by atoms with Crippen molar-refractivity contribution in [2.24, 2.45) is 5.73 Å². The van der Waals surface area contributed by atoms with Crippen molar-refractivity contribution in [3.63, 3.8) is 0 Å². The van der Waals surface area contributed by atoms with Gasteiger partial charge in [-0.3, -0.25) is 4.79 Å². The number of hydrogen-bond donors (Lipinski definition) is 4. The number of aliphatic carboxylic acids is 1. The summed E-state index contributed by atoms with van der Waals surface area (Å²) in [5.74, 6) is -1.09. The molecule has 98 valence electrons. The van der Waals surface area contributed by atoms with Crippen LogP contribution in [0.5, 0.6) is 0 Å². The summed E-state index contributed by atoms with van der Waals surface area (Å²) in [6.07, 6.45) is 3.40. The molecule has 0 saturated carbocycles. The van der Waals surface area contributed by atoms with E-state index in [9.17, 15) is 9.18 Å². The third kappa shape index (κ3) is 6.80. The maximum absolute atomic E-state index is 12.6. The molecule has 0 radical (unpaired) electrons. The fourth-order valence-corrected chi connectivity index (χ4v) is 1.12. The molecule has 0 aliphatic carbocycles. The van der Waals surface area contributed by atoms with Crippen LogP contribution in [0.3, 0.4) is 0 Å². The molecule has 0 unspecified atom stereocenters. The van der Waals surface area contributed by atoms with Gasteiger partial charge in [-0.2, -0.15) is 0 Å². The highest BCUT2D eigenvalue weighted by atomic mass is 19.1. The van der Waals surface area contributed by atoms with Crippen LogP contribution in [0.4, 0.5) is 4.39 Å². The molecule has 0 aromatic rings. The smallest absolute Gasteiger partial charge is 0.323 e. The van der Waals surface area contributed by atoms with Crippen molar-refractivity contribution >= 4 is 12.2 Å². The van der Waals surface area contributed by atoms with Crippen LogP contribution >= 0.6 is 0 Å². The lowest BCUT2D eigenvalue weighted by Crippen LogP contribution is -2.44. The molecular formula is C11H20FN3O2. The van der Waals surface area contributed by atoms with Gasteiger partial charge in [-0.15, -0.1) is 0 Å². The fraction of sp³-hybridized carbons (Fsp3) is 0.636. The van der Waals surface area contributed by atoms with E-state index in [1.165, 1.54) is 13.1 Å². The highest BCUT2D eigenvalue weighted by molar-refractivity contribution is 5.77. The van der Waals surface area contributed by atoms with E-state index >= 15 is 0 Å². The number of hydrogen-bond acceptors (Lipinski definition) is 4. The van der Waals surface area contributed by atoms with Gasteiger partial charge in [0.1, 0.15) is 12.2 Å². The Hall–Kier alpha value is -1.27. The Balaban J connectivity index is 4.13. The molecule has 0 bridgehead atoms. The second kappa shape index (κ2) is 7.92. The van der Waals surface area contributed by atoms with Crippen LogP contribution in [0.15, 0.2) is 11.6 Å². The average Bonchev–Trinajstić information content (AvgIpc) is 2.28.